The zero-order chi connectivity index (χ0) is 22.3. The number of nitrogens with zero attached hydrogens (tertiary/aromatic N) is 2. The summed E-state index contributed by atoms with van der Waals surface area (Å²) in [5.41, 5.74) is 6.88. The summed E-state index contributed by atoms with van der Waals surface area (Å²) < 4.78 is 2.16. The predicted octanol–water partition coefficient (Wildman–Crippen LogP) is 6.91. The molecule has 0 spiro atoms. The molecule has 4 nitrogen and oxygen atoms in total. The van der Waals surface area contributed by atoms with Crippen molar-refractivity contribution in [3.8, 4) is 5.69 Å². The van der Waals surface area contributed by atoms with Gasteiger partial charge in [0.2, 0.25) is 0 Å². The van der Waals surface area contributed by atoms with E-state index < -0.39 is 0 Å². The van der Waals surface area contributed by atoms with Gasteiger partial charge < -0.3 is 9.88 Å². The van der Waals surface area contributed by atoms with Crippen LogP contribution in [0, 0.1) is 27.7 Å². The number of benzene rings is 2. The van der Waals surface area contributed by atoms with E-state index in [1.807, 2.05) is 63.2 Å². The van der Waals surface area contributed by atoms with Crippen molar-refractivity contribution in [3.05, 3.63) is 85.5 Å². The lowest BCUT2D eigenvalue weighted by atomic mass is 10.2. The maximum atomic E-state index is 12.6. The van der Waals surface area contributed by atoms with E-state index in [4.69, 9.17) is 23.2 Å². The van der Waals surface area contributed by atoms with Crippen LogP contribution in [-0.2, 0) is 4.79 Å². The molecule has 0 bridgehead atoms. The SMILES string of the molecule is Cc1ccc(Cl)cc1-n1c(C)cc(/C=C2/SC(=Nc3cccc(Cl)c3C)NC2=O)c1C. The molecule has 0 unspecified atom stereocenters. The van der Waals surface area contributed by atoms with Crippen molar-refractivity contribution in [1.82, 2.24) is 9.88 Å². The number of aryl methyl sites for hydroxylation is 2. The fourth-order valence-corrected chi connectivity index (χ4v) is 4.74. The molecule has 0 aliphatic carbocycles. The number of rotatable bonds is 3. The lowest BCUT2D eigenvalue weighted by molar-refractivity contribution is -0.115. The number of aliphatic imine (C=N–C) groups is 1. The Balaban J connectivity index is 1.68. The van der Waals surface area contributed by atoms with E-state index in [-0.39, 0.29) is 5.91 Å². The summed E-state index contributed by atoms with van der Waals surface area (Å²) in [5, 5.41) is 4.73. The molecule has 1 N–H and O–H groups in total. The Morgan fingerprint density at radius 1 is 1.06 bits per heavy atom. The van der Waals surface area contributed by atoms with Crippen LogP contribution >= 0.6 is 35.0 Å². The van der Waals surface area contributed by atoms with Gasteiger partial charge in [-0.3, -0.25) is 4.79 Å². The summed E-state index contributed by atoms with van der Waals surface area (Å²) in [6.07, 6.45) is 1.91. The molecule has 1 aliphatic heterocycles. The van der Waals surface area contributed by atoms with Crippen molar-refractivity contribution in [1.29, 1.82) is 0 Å². The quantitative estimate of drug-likeness (QED) is 0.423. The first-order valence-corrected chi connectivity index (χ1v) is 11.3. The van der Waals surface area contributed by atoms with E-state index in [1.54, 1.807) is 0 Å². The summed E-state index contributed by atoms with van der Waals surface area (Å²) in [4.78, 5) is 17.7. The molecule has 3 aromatic rings. The molecular weight excluding hydrogens is 449 g/mol. The van der Waals surface area contributed by atoms with Crippen LogP contribution in [-0.4, -0.2) is 15.6 Å². The standard InChI is InChI=1S/C24H21Cl2N3OS/c1-13-8-9-18(25)12-21(13)29-14(2)10-17(16(29)4)11-22-23(30)28-24(31-22)27-20-7-5-6-19(26)15(20)3/h5-12H,1-4H3,(H,27,28,30)/b22-11+. The molecule has 0 atom stereocenters. The summed E-state index contributed by atoms with van der Waals surface area (Å²) in [6.45, 7) is 8.06. The summed E-state index contributed by atoms with van der Waals surface area (Å²) in [7, 11) is 0. The third-order valence-electron chi connectivity index (χ3n) is 5.28. The Hall–Kier alpha value is -2.47. The maximum absolute atomic E-state index is 12.6. The largest absolute Gasteiger partial charge is 0.318 e. The Bertz CT molecular complexity index is 1270. The summed E-state index contributed by atoms with van der Waals surface area (Å²) in [5.74, 6) is -0.160. The van der Waals surface area contributed by atoms with Crippen LogP contribution in [0.1, 0.15) is 28.1 Å². The lowest BCUT2D eigenvalue weighted by Crippen LogP contribution is -2.19. The number of halogens is 2. The van der Waals surface area contributed by atoms with Gasteiger partial charge in [0.05, 0.1) is 10.6 Å². The minimum Gasteiger partial charge on any atom is -0.318 e. The van der Waals surface area contributed by atoms with E-state index in [9.17, 15) is 4.79 Å². The van der Waals surface area contributed by atoms with E-state index in [2.05, 4.69) is 27.9 Å². The van der Waals surface area contributed by atoms with Gasteiger partial charge in [0.15, 0.2) is 5.17 Å². The number of hydrogen-bond acceptors (Lipinski definition) is 3. The van der Waals surface area contributed by atoms with E-state index in [0.717, 1.165) is 39.5 Å². The first-order chi connectivity index (χ1) is 14.7. The average molecular weight is 470 g/mol. The zero-order valence-electron chi connectivity index (χ0n) is 17.6. The fraction of sp³-hybridized carbons (Fsp3) is 0.167. The second-order valence-corrected chi connectivity index (χ2v) is 9.33. The van der Waals surface area contributed by atoms with Gasteiger partial charge in [0.25, 0.3) is 5.91 Å². The van der Waals surface area contributed by atoms with Crippen LogP contribution in [0.25, 0.3) is 11.8 Å². The summed E-state index contributed by atoms with van der Waals surface area (Å²) in [6, 6.07) is 13.5. The molecule has 0 radical (unpaired) electrons. The predicted molar refractivity (Wildman–Crippen MR) is 132 cm³/mol. The first-order valence-electron chi connectivity index (χ1n) is 9.75. The van der Waals surface area contributed by atoms with Gasteiger partial charge in [-0.15, -0.1) is 0 Å². The number of thioether (sulfide) groups is 1. The number of aromatic nitrogens is 1. The average Bonchev–Trinajstić information content (AvgIpc) is 3.20. The third kappa shape index (κ3) is 4.31. The van der Waals surface area contributed by atoms with E-state index in [1.165, 1.54) is 11.8 Å². The second kappa shape index (κ2) is 8.58. The maximum Gasteiger partial charge on any atom is 0.264 e. The minimum absolute atomic E-state index is 0.160. The monoisotopic (exact) mass is 469 g/mol. The van der Waals surface area contributed by atoms with Crippen molar-refractivity contribution in [2.75, 3.05) is 0 Å². The fourth-order valence-electron chi connectivity index (χ4n) is 3.58. The van der Waals surface area contributed by atoms with Crippen molar-refractivity contribution >= 4 is 57.8 Å². The summed E-state index contributed by atoms with van der Waals surface area (Å²) >= 11 is 13.7. The van der Waals surface area contributed by atoms with Gasteiger partial charge in [-0.2, -0.15) is 0 Å². The van der Waals surface area contributed by atoms with Crippen molar-refractivity contribution in [2.24, 2.45) is 4.99 Å². The van der Waals surface area contributed by atoms with Crippen LogP contribution in [0.5, 0.6) is 0 Å². The molecule has 1 saturated heterocycles. The highest BCUT2D eigenvalue weighted by Gasteiger charge is 2.25. The van der Waals surface area contributed by atoms with Gasteiger partial charge in [0, 0.05) is 27.1 Å². The van der Waals surface area contributed by atoms with Gasteiger partial charge in [-0.1, -0.05) is 35.3 Å². The molecule has 7 heteroatoms. The van der Waals surface area contributed by atoms with Gasteiger partial charge in [0.1, 0.15) is 0 Å². The van der Waals surface area contributed by atoms with Gasteiger partial charge >= 0.3 is 0 Å². The Morgan fingerprint density at radius 3 is 2.61 bits per heavy atom. The van der Waals surface area contributed by atoms with Crippen LogP contribution < -0.4 is 5.32 Å². The number of amides is 1. The van der Waals surface area contributed by atoms with Crippen LogP contribution in [0.2, 0.25) is 10.0 Å². The number of carbonyl (C=O) groups is 1. The van der Waals surface area contributed by atoms with Crippen molar-refractivity contribution in [3.63, 3.8) is 0 Å². The highest BCUT2D eigenvalue weighted by Crippen LogP contribution is 2.33. The number of hydrogen-bond donors (Lipinski definition) is 1. The first kappa shape index (κ1) is 21.8. The molecule has 31 heavy (non-hydrogen) atoms. The van der Waals surface area contributed by atoms with E-state index >= 15 is 0 Å². The van der Waals surface area contributed by atoms with Crippen LogP contribution in [0.15, 0.2) is 52.4 Å². The van der Waals surface area contributed by atoms with Gasteiger partial charge in [-0.25, -0.2) is 4.99 Å². The molecule has 1 fully saturated rings. The van der Waals surface area contributed by atoms with Crippen LogP contribution in [0.3, 0.4) is 0 Å². The molecule has 158 valence electrons. The Morgan fingerprint density at radius 2 is 1.84 bits per heavy atom. The normalized spacial score (nSPS) is 16.4. The van der Waals surface area contributed by atoms with Crippen molar-refractivity contribution < 1.29 is 4.79 Å². The molecule has 2 heterocycles. The second-order valence-electron chi connectivity index (χ2n) is 7.46. The smallest absolute Gasteiger partial charge is 0.264 e. The topological polar surface area (TPSA) is 46.4 Å². The van der Waals surface area contributed by atoms with Crippen LogP contribution in [0.4, 0.5) is 5.69 Å². The molecular formula is C24H21Cl2N3OS. The molecule has 2 aromatic carbocycles. The third-order valence-corrected chi connectivity index (χ3v) is 6.84. The molecule has 1 amide bonds. The molecule has 4 rings (SSSR count). The number of amidine groups is 1. The Kier molecular flexibility index (Phi) is 6.02. The molecule has 1 aromatic heterocycles. The Labute approximate surface area is 196 Å². The van der Waals surface area contributed by atoms with Crippen molar-refractivity contribution in [2.45, 2.75) is 27.7 Å². The number of nitrogens with one attached hydrogen (secondary N) is 1. The molecule has 1 aliphatic rings. The molecule has 0 saturated carbocycles. The minimum atomic E-state index is -0.160. The van der Waals surface area contributed by atoms with E-state index in [0.29, 0.717) is 20.1 Å². The van der Waals surface area contributed by atoms with Gasteiger partial charge in [-0.05, 0) is 92.6 Å². The highest BCUT2D eigenvalue weighted by molar-refractivity contribution is 8.18. The highest BCUT2D eigenvalue weighted by atomic mass is 35.5. The number of carbonyl (C=O) groups excluding carboxylic acids is 1. The zero-order valence-corrected chi connectivity index (χ0v) is 19.9. The lowest BCUT2D eigenvalue weighted by Gasteiger charge is -2.13.